The minimum Gasteiger partial charge on any atom is -0.508 e. The van der Waals surface area contributed by atoms with Crippen LogP contribution >= 0.6 is 0 Å². The standard InChI is InChI=1S/C11H12FNO2/c1-3-7(2)11(15)13-10-5-4-8(14)6-9(10)12/h3-6,14H,1-2H3,(H,13,15)/b7-3+. The molecule has 0 saturated heterocycles. The van der Waals surface area contributed by atoms with E-state index in [9.17, 15) is 9.18 Å². The molecule has 1 rings (SSSR count). The van der Waals surface area contributed by atoms with Gasteiger partial charge < -0.3 is 10.4 Å². The molecule has 0 fully saturated rings. The number of rotatable bonds is 2. The monoisotopic (exact) mass is 209 g/mol. The minimum atomic E-state index is -0.660. The summed E-state index contributed by atoms with van der Waals surface area (Å²) >= 11 is 0. The van der Waals surface area contributed by atoms with E-state index in [0.717, 1.165) is 6.07 Å². The Morgan fingerprint density at radius 1 is 1.53 bits per heavy atom. The molecule has 1 aromatic carbocycles. The number of nitrogens with one attached hydrogen (secondary N) is 1. The zero-order valence-corrected chi connectivity index (χ0v) is 8.54. The number of aromatic hydroxyl groups is 1. The lowest BCUT2D eigenvalue weighted by atomic mass is 10.2. The Labute approximate surface area is 87.2 Å². The summed E-state index contributed by atoms with van der Waals surface area (Å²) in [5.74, 6) is -1.19. The number of phenols is 1. The molecule has 0 aliphatic heterocycles. The summed E-state index contributed by atoms with van der Waals surface area (Å²) in [5, 5.41) is 11.4. The van der Waals surface area contributed by atoms with Crippen LogP contribution in [-0.4, -0.2) is 11.0 Å². The van der Waals surface area contributed by atoms with Crippen molar-refractivity contribution in [2.24, 2.45) is 0 Å². The number of phenolic OH excluding ortho intramolecular Hbond substituents is 1. The van der Waals surface area contributed by atoms with Gasteiger partial charge in [0.25, 0.3) is 5.91 Å². The summed E-state index contributed by atoms with van der Waals surface area (Å²) in [5.41, 5.74) is 0.557. The second kappa shape index (κ2) is 4.59. The predicted octanol–water partition coefficient (Wildman–Crippen LogP) is 2.44. The fourth-order valence-corrected chi connectivity index (χ4v) is 0.957. The van der Waals surface area contributed by atoms with E-state index in [1.165, 1.54) is 12.1 Å². The molecule has 0 saturated carbocycles. The third kappa shape index (κ3) is 2.80. The Morgan fingerprint density at radius 2 is 2.20 bits per heavy atom. The number of amides is 1. The van der Waals surface area contributed by atoms with Crippen molar-refractivity contribution in [2.45, 2.75) is 13.8 Å². The van der Waals surface area contributed by atoms with Gasteiger partial charge >= 0.3 is 0 Å². The molecule has 0 aromatic heterocycles. The van der Waals surface area contributed by atoms with Crippen LogP contribution in [0.5, 0.6) is 5.75 Å². The molecule has 0 spiro atoms. The molecule has 0 unspecified atom stereocenters. The molecule has 1 amide bonds. The maximum atomic E-state index is 13.2. The van der Waals surface area contributed by atoms with Crippen LogP contribution in [0, 0.1) is 5.82 Å². The molecule has 4 heteroatoms. The van der Waals surface area contributed by atoms with Crippen LogP contribution in [0.1, 0.15) is 13.8 Å². The first-order valence-corrected chi connectivity index (χ1v) is 4.47. The zero-order chi connectivity index (χ0) is 11.4. The maximum absolute atomic E-state index is 13.2. The highest BCUT2D eigenvalue weighted by atomic mass is 19.1. The highest BCUT2D eigenvalue weighted by Crippen LogP contribution is 2.19. The minimum absolute atomic E-state index is 0.0546. The van der Waals surface area contributed by atoms with Gasteiger partial charge in [-0.1, -0.05) is 6.08 Å². The Bertz CT molecular complexity index is 413. The molecule has 0 aliphatic carbocycles. The Balaban J connectivity index is 2.86. The molecule has 0 aliphatic rings. The Morgan fingerprint density at radius 3 is 2.73 bits per heavy atom. The average molecular weight is 209 g/mol. The topological polar surface area (TPSA) is 49.3 Å². The zero-order valence-electron chi connectivity index (χ0n) is 8.54. The number of halogens is 1. The summed E-state index contributed by atoms with van der Waals surface area (Å²) in [4.78, 5) is 11.4. The Kier molecular flexibility index (Phi) is 3.44. The van der Waals surface area contributed by atoms with E-state index in [2.05, 4.69) is 5.32 Å². The van der Waals surface area contributed by atoms with Gasteiger partial charge in [0.15, 0.2) is 0 Å². The molecule has 0 bridgehead atoms. The third-order valence-corrected chi connectivity index (χ3v) is 1.99. The van der Waals surface area contributed by atoms with Gasteiger partial charge in [0, 0.05) is 11.6 Å². The molecule has 15 heavy (non-hydrogen) atoms. The molecule has 0 atom stereocenters. The highest BCUT2D eigenvalue weighted by Gasteiger charge is 2.08. The molecule has 1 aromatic rings. The van der Waals surface area contributed by atoms with Gasteiger partial charge in [0.05, 0.1) is 5.69 Å². The van der Waals surface area contributed by atoms with Crippen molar-refractivity contribution < 1.29 is 14.3 Å². The van der Waals surface area contributed by atoms with E-state index in [-0.39, 0.29) is 17.3 Å². The lowest BCUT2D eigenvalue weighted by Gasteiger charge is -2.06. The third-order valence-electron chi connectivity index (χ3n) is 1.99. The van der Waals surface area contributed by atoms with Gasteiger partial charge in [-0.2, -0.15) is 0 Å². The van der Waals surface area contributed by atoms with Crippen molar-refractivity contribution in [3.63, 3.8) is 0 Å². The van der Waals surface area contributed by atoms with Gasteiger partial charge in [-0.15, -0.1) is 0 Å². The van der Waals surface area contributed by atoms with Crippen LogP contribution in [0.25, 0.3) is 0 Å². The van der Waals surface area contributed by atoms with Crippen LogP contribution in [-0.2, 0) is 4.79 Å². The van der Waals surface area contributed by atoms with Crippen molar-refractivity contribution in [1.29, 1.82) is 0 Å². The first-order valence-electron chi connectivity index (χ1n) is 4.47. The normalized spacial score (nSPS) is 11.3. The lowest BCUT2D eigenvalue weighted by molar-refractivity contribution is -0.112. The van der Waals surface area contributed by atoms with Gasteiger partial charge in [0.1, 0.15) is 11.6 Å². The number of benzene rings is 1. The van der Waals surface area contributed by atoms with E-state index < -0.39 is 5.82 Å². The molecular formula is C11H12FNO2. The van der Waals surface area contributed by atoms with E-state index in [4.69, 9.17) is 5.11 Å². The smallest absolute Gasteiger partial charge is 0.251 e. The SMILES string of the molecule is C/C=C(\C)C(=O)Nc1ccc(O)cc1F. The molecule has 0 heterocycles. The fraction of sp³-hybridized carbons (Fsp3) is 0.182. The van der Waals surface area contributed by atoms with E-state index in [1.807, 2.05) is 0 Å². The number of hydrogen-bond acceptors (Lipinski definition) is 2. The van der Waals surface area contributed by atoms with Crippen LogP contribution < -0.4 is 5.32 Å². The Hall–Kier alpha value is -1.84. The largest absolute Gasteiger partial charge is 0.508 e. The molecule has 2 N–H and O–H groups in total. The number of allylic oxidation sites excluding steroid dienone is 1. The molecular weight excluding hydrogens is 197 g/mol. The van der Waals surface area contributed by atoms with Gasteiger partial charge in [-0.25, -0.2) is 4.39 Å². The summed E-state index contributed by atoms with van der Waals surface area (Å²) in [7, 11) is 0. The van der Waals surface area contributed by atoms with Gasteiger partial charge in [-0.3, -0.25) is 4.79 Å². The molecule has 3 nitrogen and oxygen atoms in total. The number of anilines is 1. The predicted molar refractivity (Wildman–Crippen MR) is 56.1 cm³/mol. The first-order chi connectivity index (χ1) is 7.04. The lowest BCUT2D eigenvalue weighted by Crippen LogP contribution is -2.13. The number of hydrogen-bond donors (Lipinski definition) is 2. The van der Waals surface area contributed by atoms with E-state index >= 15 is 0 Å². The average Bonchev–Trinajstić information content (AvgIpc) is 2.20. The molecule has 0 radical (unpaired) electrons. The van der Waals surface area contributed by atoms with Crippen molar-refractivity contribution in [3.05, 3.63) is 35.7 Å². The van der Waals surface area contributed by atoms with E-state index in [1.54, 1.807) is 19.9 Å². The first kappa shape index (κ1) is 11.2. The van der Waals surface area contributed by atoms with Crippen LogP contribution in [0.3, 0.4) is 0 Å². The number of carbonyl (C=O) groups excluding carboxylic acids is 1. The van der Waals surface area contributed by atoms with Crippen molar-refractivity contribution in [1.82, 2.24) is 0 Å². The summed E-state index contributed by atoms with van der Waals surface area (Å²) in [6, 6.07) is 3.57. The van der Waals surface area contributed by atoms with Crippen LogP contribution in [0.15, 0.2) is 29.8 Å². The van der Waals surface area contributed by atoms with Crippen molar-refractivity contribution >= 4 is 11.6 Å². The summed E-state index contributed by atoms with van der Waals surface area (Å²) in [6.45, 7) is 3.36. The summed E-state index contributed by atoms with van der Waals surface area (Å²) < 4.78 is 13.2. The van der Waals surface area contributed by atoms with Crippen molar-refractivity contribution in [3.8, 4) is 5.75 Å². The quantitative estimate of drug-likeness (QED) is 0.580. The second-order valence-electron chi connectivity index (χ2n) is 3.09. The van der Waals surface area contributed by atoms with Crippen LogP contribution in [0.4, 0.5) is 10.1 Å². The fourth-order valence-electron chi connectivity index (χ4n) is 0.957. The summed E-state index contributed by atoms with van der Waals surface area (Å²) in [6.07, 6.45) is 1.63. The maximum Gasteiger partial charge on any atom is 0.251 e. The van der Waals surface area contributed by atoms with Crippen molar-refractivity contribution in [2.75, 3.05) is 5.32 Å². The van der Waals surface area contributed by atoms with Gasteiger partial charge in [-0.05, 0) is 26.0 Å². The van der Waals surface area contributed by atoms with Crippen LogP contribution in [0.2, 0.25) is 0 Å². The second-order valence-corrected chi connectivity index (χ2v) is 3.09. The number of carbonyl (C=O) groups is 1. The highest BCUT2D eigenvalue weighted by molar-refractivity contribution is 6.03. The molecule has 80 valence electrons. The van der Waals surface area contributed by atoms with E-state index in [0.29, 0.717) is 5.57 Å². The van der Waals surface area contributed by atoms with Gasteiger partial charge in [0.2, 0.25) is 0 Å².